The van der Waals surface area contributed by atoms with E-state index < -0.39 is 5.54 Å². The van der Waals surface area contributed by atoms with Crippen molar-refractivity contribution in [2.75, 3.05) is 12.4 Å². The number of nitrogens with one attached hydrogen (secondary N) is 1. The van der Waals surface area contributed by atoms with Gasteiger partial charge in [0, 0.05) is 4.88 Å². The zero-order chi connectivity index (χ0) is 15.0. The van der Waals surface area contributed by atoms with Crippen molar-refractivity contribution in [1.29, 1.82) is 0 Å². The van der Waals surface area contributed by atoms with Gasteiger partial charge in [-0.2, -0.15) is 0 Å². The van der Waals surface area contributed by atoms with Gasteiger partial charge < -0.3 is 15.8 Å². The summed E-state index contributed by atoms with van der Waals surface area (Å²) in [5, 5.41) is 3.50. The molecule has 0 unspecified atom stereocenters. The van der Waals surface area contributed by atoms with E-state index in [0.717, 1.165) is 37.7 Å². The molecular formula is C15H20N2O3S. The highest BCUT2D eigenvalue weighted by Gasteiger charge is 2.38. The maximum absolute atomic E-state index is 12.4. The number of nitrogens with two attached hydrogens (primary N) is 1. The predicted octanol–water partition coefficient (Wildman–Crippen LogP) is 2.23. The van der Waals surface area contributed by atoms with Crippen LogP contribution in [0.4, 0.5) is 5.00 Å². The molecule has 5 nitrogen and oxygen atoms in total. The SMILES string of the molecule is COC(=O)c1c(NC(=O)C2(N)CCCC2)sc2c1CCC2. The summed E-state index contributed by atoms with van der Waals surface area (Å²) in [6, 6.07) is 0. The molecule has 0 radical (unpaired) electrons. The van der Waals surface area contributed by atoms with E-state index in [1.807, 2.05) is 0 Å². The van der Waals surface area contributed by atoms with Crippen LogP contribution < -0.4 is 11.1 Å². The Bertz CT molecular complexity index is 588. The number of hydrogen-bond acceptors (Lipinski definition) is 5. The largest absolute Gasteiger partial charge is 0.465 e. The fraction of sp³-hybridized carbons (Fsp3) is 0.600. The van der Waals surface area contributed by atoms with Crippen molar-refractivity contribution >= 4 is 28.2 Å². The number of rotatable bonds is 3. The Labute approximate surface area is 127 Å². The molecular weight excluding hydrogens is 288 g/mol. The van der Waals surface area contributed by atoms with Crippen LogP contribution in [0.25, 0.3) is 0 Å². The maximum Gasteiger partial charge on any atom is 0.341 e. The lowest BCUT2D eigenvalue weighted by molar-refractivity contribution is -0.120. The lowest BCUT2D eigenvalue weighted by atomic mass is 9.98. The van der Waals surface area contributed by atoms with Crippen LogP contribution >= 0.6 is 11.3 Å². The van der Waals surface area contributed by atoms with E-state index >= 15 is 0 Å². The second kappa shape index (κ2) is 5.42. The molecule has 0 aliphatic heterocycles. The van der Waals surface area contributed by atoms with Gasteiger partial charge in [0.05, 0.1) is 18.2 Å². The lowest BCUT2D eigenvalue weighted by Crippen LogP contribution is -2.48. The average molecular weight is 308 g/mol. The number of esters is 1. The van der Waals surface area contributed by atoms with Crippen molar-refractivity contribution in [3.63, 3.8) is 0 Å². The van der Waals surface area contributed by atoms with Crippen LogP contribution in [-0.4, -0.2) is 24.5 Å². The number of amides is 1. The van der Waals surface area contributed by atoms with Gasteiger partial charge in [0.15, 0.2) is 0 Å². The molecule has 114 valence electrons. The molecule has 1 aromatic heterocycles. The van der Waals surface area contributed by atoms with Gasteiger partial charge >= 0.3 is 5.97 Å². The van der Waals surface area contributed by atoms with E-state index in [2.05, 4.69) is 5.32 Å². The van der Waals surface area contributed by atoms with Crippen molar-refractivity contribution in [2.24, 2.45) is 5.73 Å². The molecule has 0 bridgehead atoms. The first-order valence-electron chi connectivity index (χ1n) is 7.38. The zero-order valence-electron chi connectivity index (χ0n) is 12.2. The molecule has 1 amide bonds. The standard InChI is InChI=1S/C15H20N2O3S/c1-20-13(18)11-9-5-4-6-10(9)21-12(11)17-14(19)15(16)7-2-3-8-15/h2-8,16H2,1H3,(H,17,19). The highest BCUT2D eigenvalue weighted by molar-refractivity contribution is 7.17. The molecule has 0 saturated heterocycles. The van der Waals surface area contributed by atoms with Gasteiger partial charge in [0.1, 0.15) is 5.00 Å². The number of ether oxygens (including phenoxy) is 1. The van der Waals surface area contributed by atoms with Gasteiger partial charge in [-0.1, -0.05) is 12.8 Å². The quantitative estimate of drug-likeness (QED) is 0.839. The third-order valence-corrected chi connectivity index (χ3v) is 5.69. The van der Waals surface area contributed by atoms with Gasteiger partial charge in [-0.05, 0) is 37.7 Å². The van der Waals surface area contributed by atoms with E-state index in [1.165, 1.54) is 23.3 Å². The van der Waals surface area contributed by atoms with Crippen LogP contribution in [0.2, 0.25) is 0 Å². The van der Waals surface area contributed by atoms with Gasteiger partial charge in [-0.3, -0.25) is 4.79 Å². The first-order valence-corrected chi connectivity index (χ1v) is 8.20. The molecule has 1 aromatic rings. The summed E-state index contributed by atoms with van der Waals surface area (Å²) in [7, 11) is 1.37. The molecule has 0 aromatic carbocycles. The third-order valence-electron chi connectivity index (χ3n) is 4.49. The van der Waals surface area contributed by atoms with E-state index in [4.69, 9.17) is 10.5 Å². The zero-order valence-corrected chi connectivity index (χ0v) is 13.0. The fourth-order valence-corrected chi connectivity index (χ4v) is 4.54. The van der Waals surface area contributed by atoms with E-state index in [1.54, 1.807) is 0 Å². The summed E-state index contributed by atoms with van der Waals surface area (Å²) in [6.07, 6.45) is 6.27. The highest BCUT2D eigenvalue weighted by Crippen LogP contribution is 2.40. The van der Waals surface area contributed by atoms with Crippen molar-refractivity contribution in [3.8, 4) is 0 Å². The molecule has 0 atom stereocenters. The summed E-state index contributed by atoms with van der Waals surface area (Å²) < 4.78 is 4.88. The Morgan fingerprint density at radius 3 is 2.62 bits per heavy atom. The van der Waals surface area contributed by atoms with Crippen LogP contribution in [0.1, 0.15) is 52.9 Å². The Kier molecular flexibility index (Phi) is 3.75. The Morgan fingerprint density at radius 1 is 1.24 bits per heavy atom. The normalized spacial score (nSPS) is 19.3. The van der Waals surface area contributed by atoms with Crippen molar-refractivity contribution in [3.05, 3.63) is 16.0 Å². The molecule has 2 aliphatic rings. The number of methoxy groups -OCH3 is 1. The van der Waals surface area contributed by atoms with Gasteiger partial charge in [0.2, 0.25) is 5.91 Å². The van der Waals surface area contributed by atoms with Crippen molar-refractivity contribution < 1.29 is 14.3 Å². The van der Waals surface area contributed by atoms with Gasteiger partial charge in [-0.15, -0.1) is 11.3 Å². The number of hydrogen-bond donors (Lipinski definition) is 2. The number of anilines is 1. The Morgan fingerprint density at radius 2 is 1.95 bits per heavy atom. The Balaban J connectivity index is 1.89. The highest BCUT2D eigenvalue weighted by atomic mass is 32.1. The molecule has 1 heterocycles. The fourth-order valence-electron chi connectivity index (χ4n) is 3.27. The summed E-state index contributed by atoms with van der Waals surface area (Å²) in [6.45, 7) is 0. The molecule has 1 fully saturated rings. The maximum atomic E-state index is 12.4. The van der Waals surface area contributed by atoms with E-state index in [9.17, 15) is 9.59 Å². The molecule has 2 aliphatic carbocycles. The average Bonchev–Trinajstić information content (AvgIpc) is 3.14. The number of fused-ring (bicyclic) bond motifs is 1. The molecule has 0 spiro atoms. The minimum atomic E-state index is -0.790. The third kappa shape index (κ3) is 2.46. The minimum Gasteiger partial charge on any atom is -0.465 e. The van der Waals surface area contributed by atoms with Gasteiger partial charge in [0.25, 0.3) is 0 Å². The minimum absolute atomic E-state index is 0.176. The summed E-state index contributed by atoms with van der Waals surface area (Å²) in [5.41, 5.74) is 6.96. The topological polar surface area (TPSA) is 81.4 Å². The summed E-state index contributed by atoms with van der Waals surface area (Å²) >= 11 is 1.49. The molecule has 21 heavy (non-hydrogen) atoms. The molecule has 1 saturated carbocycles. The second-order valence-electron chi connectivity index (χ2n) is 5.87. The monoisotopic (exact) mass is 308 g/mol. The number of thiophene rings is 1. The first kappa shape index (κ1) is 14.5. The van der Waals surface area contributed by atoms with E-state index in [0.29, 0.717) is 23.4 Å². The van der Waals surface area contributed by atoms with E-state index in [-0.39, 0.29) is 11.9 Å². The number of carbonyl (C=O) groups excluding carboxylic acids is 2. The Hall–Kier alpha value is -1.40. The van der Waals surface area contributed by atoms with Gasteiger partial charge in [-0.25, -0.2) is 4.79 Å². The summed E-state index contributed by atoms with van der Waals surface area (Å²) in [5.74, 6) is -0.549. The van der Waals surface area contributed by atoms with Crippen molar-refractivity contribution in [1.82, 2.24) is 0 Å². The predicted molar refractivity (Wildman–Crippen MR) is 81.7 cm³/mol. The number of aryl methyl sites for hydroxylation is 1. The molecule has 6 heteroatoms. The van der Waals surface area contributed by atoms with Crippen LogP contribution in [0, 0.1) is 0 Å². The lowest BCUT2D eigenvalue weighted by Gasteiger charge is -2.22. The smallest absolute Gasteiger partial charge is 0.341 e. The number of carbonyl (C=O) groups is 2. The molecule has 3 N–H and O–H groups in total. The van der Waals surface area contributed by atoms with Crippen LogP contribution in [0.3, 0.4) is 0 Å². The van der Waals surface area contributed by atoms with Crippen LogP contribution in [-0.2, 0) is 22.4 Å². The van der Waals surface area contributed by atoms with Crippen molar-refractivity contribution in [2.45, 2.75) is 50.5 Å². The van der Waals surface area contributed by atoms with Crippen LogP contribution in [0.5, 0.6) is 0 Å². The molecule has 3 rings (SSSR count). The second-order valence-corrected chi connectivity index (χ2v) is 6.98. The van der Waals surface area contributed by atoms with Crippen LogP contribution in [0.15, 0.2) is 0 Å². The first-order chi connectivity index (χ1) is 10.0. The summed E-state index contributed by atoms with van der Waals surface area (Å²) in [4.78, 5) is 25.7.